The molecule has 1 atom stereocenters. The summed E-state index contributed by atoms with van der Waals surface area (Å²) in [6.07, 6.45) is 0.588. The van der Waals surface area contributed by atoms with Crippen molar-refractivity contribution in [1.29, 1.82) is 0 Å². The van der Waals surface area contributed by atoms with Crippen molar-refractivity contribution in [2.45, 2.75) is 18.8 Å². The Kier molecular flexibility index (Phi) is 3.65. The van der Waals surface area contributed by atoms with Crippen LogP contribution in [0.5, 0.6) is 0 Å². The van der Waals surface area contributed by atoms with Crippen LogP contribution >= 0.6 is 11.6 Å². The molecule has 1 spiro atoms. The van der Waals surface area contributed by atoms with E-state index in [1.165, 1.54) is 0 Å². The molecule has 2 amide bonds. The smallest absolute Gasteiger partial charge is 0.250 e. The van der Waals surface area contributed by atoms with Gasteiger partial charge in [0.15, 0.2) is 0 Å². The first-order chi connectivity index (χ1) is 15.0. The zero-order valence-electron chi connectivity index (χ0n) is 16.6. The van der Waals surface area contributed by atoms with E-state index in [0.29, 0.717) is 51.9 Å². The Hall–Kier alpha value is -3.58. The van der Waals surface area contributed by atoms with E-state index in [1.54, 1.807) is 22.9 Å². The monoisotopic (exact) mass is 431 g/mol. The average Bonchev–Trinajstić information content (AvgIpc) is 3.24. The number of hydrogen-bond acceptors (Lipinski definition) is 4. The van der Waals surface area contributed by atoms with Gasteiger partial charge in [-0.25, -0.2) is 4.68 Å². The van der Waals surface area contributed by atoms with Crippen LogP contribution in [0.25, 0.3) is 5.69 Å². The molecule has 0 saturated heterocycles. The van der Waals surface area contributed by atoms with Crippen LogP contribution in [0.1, 0.15) is 23.2 Å². The maximum absolute atomic E-state index is 13.7. The van der Waals surface area contributed by atoms with Crippen LogP contribution in [0.2, 0.25) is 5.02 Å². The van der Waals surface area contributed by atoms with Gasteiger partial charge in [-0.2, -0.15) is 5.10 Å². The van der Waals surface area contributed by atoms with Crippen molar-refractivity contribution < 1.29 is 9.59 Å². The van der Waals surface area contributed by atoms with E-state index < -0.39 is 5.41 Å². The standard InChI is InChI=1S/C23H18ClN5O2/c1-12-18-20(29(28-12)14-5-3-2-4-6-14)26-17-9-10-25-21(30)19(17)23(18)15-11-13(24)7-8-16(15)27-22(23)31/h2-8,11,26H,9-10H2,1H3,(H,25,30)(H,27,31). The maximum Gasteiger partial charge on any atom is 0.250 e. The fourth-order valence-electron chi connectivity index (χ4n) is 5.06. The van der Waals surface area contributed by atoms with E-state index in [9.17, 15) is 9.59 Å². The Balaban J connectivity index is 1.74. The zero-order valence-corrected chi connectivity index (χ0v) is 17.4. The van der Waals surface area contributed by atoms with Gasteiger partial charge in [-0.05, 0) is 37.3 Å². The number of para-hydroxylation sites is 1. The van der Waals surface area contributed by atoms with Crippen LogP contribution in [-0.4, -0.2) is 28.1 Å². The van der Waals surface area contributed by atoms with Gasteiger partial charge in [-0.3, -0.25) is 9.59 Å². The first-order valence-corrected chi connectivity index (χ1v) is 10.5. The molecular weight excluding hydrogens is 414 g/mol. The molecule has 0 fully saturated rings. The predicted octanol–water partition coefficient (Wildman–Crippen LogP) is 3.27. The van der Waals surface area contributed by atoms with E-state index in [1.807, 2.05) is 37.3 Å². The molecule has 3 aliphatic rings. The lowest BCUT2D eigenvalue weighted by atomic mass is 9.66. The summed E-state index contributed by atoms with van der Waals surface area (Å²) in [6.45, 7) is 2.36. The number of carbonyl (C=O) groups is 2. The van der Waals surface area contributed by atoms with Gasteiger partial charge < -0.3 is 16.0 Å². The topological polar surface area (TPSA) is 88.1 Å². The number of nitrogens with zero attached hydrogens (tertiary/aromatic N) is 2. The lowest BCUT2D eigenvalue weighted by molar-refractivity contribution is -0.123. The summed E-state index contributed by atoms with van der Waals surface area (Å²) in [4.78, 5) is 26.9. The molecule has 1 aromatic heterocycles. The highest BCUT2D eigenvalue weighted by molar-refractivity contribution is 6.31. The molecule has 3 N–H and O–H groups in total. The molecule has 31 heavy (non-hydrogen) atoms. The van der Waals surface area contributed by atoms with E-state index in [-0.39, 0.29) is 11.8 Å². The summed E-state index contributed by atoms with van der Waals surface area (Å²) < 4.78 is 1.80. The molecule has 0 bridgehead atoms. The van der Waals surface area contributed by atoms with Crippen molar-refractivity contribution in [3.05, 3.63) is 81.6 Å². The molecule has 4 heterocycles. The van der Waals surface area contributed by atoms with E-state index in [4.69, 9.17) is 16.7 Å². The lowest BCUT2D eigenvalue weighted by Crippen LogP contribution is -2.50. The number of benzene rings is 2. The molecule has 3 aromatic rings. The molecule has 6 rings (SSSR count). The second-order valence-electron chi connectivity index (χ2n) is 7.93. The second-order valence-corrected chi connectivity index (χ2v) is 8.37. The molecular formula is C23H18ClN5O2. The van der Waals surface area contributed by atoms with E-state index >= 15 is 0 Å². The Morgan fingerprint density at radius 3 is 2.71 bits per heavy atom. The predicted molar refractivity (Wildman–Crippen MR) is 117 cm³/mol. The van der Waals surface area contributed by atoms with E-state index in [2.05, 4.69) is 16.0 Å². The van der Waals surface area contributed by atoms with Crippen molar-refractivity contribution in [2.24, 2.45) is 0 Å². The molecule has 7 nitrogen and oxygen atoms in total. The van der Waals surface area contributed by atoms with E-state index in [0.717, 1.165) is 11.4 Å². The Morgan fingerprint density at radius 1 is 1.10 bits per heavy atom. The van der Waals surface area contributed by atoms with Gasteiger partial charge in [0.2, 0.25) is 5.91 Å². The van der Waals surface area contributed by atoms with Crippen molar-refractivity contribution in [3.63, 3.8) is 0 Å². The number of halogens is 1. The van der Waals surface area contributed by atoms with Crippen molar-refractivity contribution >= 4 is 34.9 Å². The number of rotatable bonds is 1. The van der Waals surface area contributed by atoms with Crippen LogP contribution in [0, 0.1) is 6.92 Å². The molecule has 154 valence electrons. The largest absolute Gasteiger partial charge is 0.352 e. The minimum absolute atomic E-state index is 0.255. The molecule has 0 radical (unpaired) electrons. The number of aromatic nitrogens is 2. The van der Waals surface area contributed by atoms with Crippen molar-refractivity contribution in [2.75, 3.05) is 17.2 Å². The van der Waals surface area contributed by atoms with Gasteiger partial charge in [0.05, 0.1) is 17.0 Å². The lowest BCUT2D eigenvalue weighted by Gasteiger charge is -2.39. The Labute approximate surface area is 183 Å². The third-order valence-corrected chi connectivity index (χ3v) is 6.48. The highest BCUT2D eigenvalue weighted by Gasteiger charge is 2.59. The van der Waals surface area contributed by atoms with Crippen LogP contribution in [0.15, 0.2) is 59.8 Å². The summed E-state index contributed by atoms with van der Waals surface area (Å²) in [7, 11) is 0. The van der Waals surface area contributed by atoms with Gasteiger partial charge in [0.25, 0.3) is 5.91 Å². The van der Waals surface area contributed by atoms with Gasteiger partial charge in [-0.1, -0.05) is 29.8 Å². The maximum atomic E-state index is 13.7. The fraction of sp³-hybridized carbons (Fsp3) is 0.174. The van der Waals surface area contributed by atoms with Crippen molar-refractivity contribution in [1.82, 2.24) is 15.1 Å². The summed E-state index contributed by atoms with van der Waals surface area (Å²) in [5.74, 6) is 0.169. The van der Waals surface area contributed by atoms with Gasteiger partial charge in [-0.15, -0.1) is 0 Å². The average molecular weight is 432 g/mol. The highest BCUT2D eigenvalue weighted by Crippen LogP contribution is 2.55. The quantitative estimate of drug-likeness (QED) is 0.551. The summed E-state index contributed by atoms with van der Waals surface area (Å²) in [6, 6.07) is 15.0. The number of aryl methyl sites for hydroxylation is 1. The van der Waals surface area contributed by atoms with Crippen LogP contribution in [0.4, 0.5) is 11.5 Å². The first kappa shape index (κ1) is 18.2. The fourth-order valence-corrected chi connectivity index (χ4v) is 5.23. The van der Waals surface area contributed by atoms with Crippen LogP contribution in [0.3, 0.4) is 0 Å². The van der Waals surface area contributed by atoms with Gasteiger partial charge in [0, 0.05) is 40.5 Å². The molecule has 1 unspecified atom stereocenters. The Bertz CT molecular complexity index is 1330. The summed E-state index contributed by atoms with van der Waals surface area (Å²) in [5.41, 5.74) is 3.36. The molecule has 2 aromatic carbocycles. The number of fused-ring (bicyclic) bond motifs is 5. The Morgan fingerprint density at radius 2 is 1.90 bits per heavy atom. The number of hydrogen-bond donors (Lipinski definition) is 3. The highest BCUT2D eigenvalue weighted by atomic mass is 35.5. The molecule has 3 aliphatic heterocycles. The number of nitrogens with one attached hydrogen (secondary N) is 3. The SMILES string of the molecule is Cc1nn(-c2ccccc2)c2c1C1(C(=O)Nc3ccc(Cl)cc31)C1=C(CCNC1=O)N2. The van der Waals surface area contributed by atoms with Gasteiger partial charge in [0.1, 0.15) is 11.2 Å². The molecule has 8 heteroatoms. The van der Waals surface area contributed by atoms with Gasteiger partial charge >= 0.3 is 0 Å². The molecule has 0 aliphatic carbocycles. The minimum atomic E-state index is -1.32. The summed E-state index contributed by atoms with van der Waals surface area (Å²) >= 11 is 6.36. The number of amides is 2. The normalized spacial score (nSPS) is 21.2. The minimum Gasteiger partial charge on any atom is -0.352 e. The molecule has 0 saturated carbocycles. The van der Waals surface area contributed by atoms with Crippen LogP contribution < -0.4 is 16.0 Å². The number of carbonyl (C=O) groups excluding carboxylic acids is 2. The van der Waals surface area contributed by atoms with Crippen LogP contribution in [-0.2, 0) is 15.0 Å². The third kappa shape index (κ3) is 2.26. The third-order valence-electron chi connectivity index (χ3n) is 6.24. The number of anilines is 2. The zero-order chi connectivity index (χ0) is 21.3. The second kappa shape index (κ2) is 6.21. The summed E-state index contributed by atoms with van der Waals surface area (Å²) in [5, 5.41) is 14.6. The van der Waals surface area contributed by atoms with Crippen molar-refractivity contribution in [3.8, 4) is 5.69 Å². The first-order valence-electron chi connectivity index (χ1n) is 10.1.